The van der Waals surface area contributed by atoms with Gasteiger partial charge in [0.15, 0.2) is 0 Å². The molecule has 3 nitrogen and oxygen atoms in total. The molecule has 2 fully saturated rings. The molecule has 2 heterocycles. The van der Waals surface area contributed by atoms with E-state index in [1.807, 2.05) is 6.92 Å². The normalized spacial score (nSPS) is 46.3. The smallest absolute Gasteiger partial charge is 0.0996 e. The quantitative estimate of drug-likeness (QED) is 0.694. The van der Waals surface area contributed by atoms with Gasteiger partial charge in [-0.2, -0.15) is 0 Å². The zero-order chi connectivity index (χ0) is 10.4. The standard InChI is InChI=1S/C11H20O3/c1-9(2)7-13-8-11(9)5-4-10(3,6-12)14-11/h12H,4-8H2,1-3H3. The molecule has 2 unspecified atom stereocenters. The summed E-state index contributed by atoms with van der Waals surface area (Å²) in [5.74, 6) is 0. The Hall–Kier alpha value is -0.120. The van der Waals surface area contributed by atoms with Crippen molar-refractivity contribution in [2.45, 2.75) is 44.8 Å². The van der Waals surface area contributed by atoms with E-state index in [-0.39, 0.29) is 23.2 Å². The van der Waals surface area contributed by atoms with E-state index in [1.54, 1.807) is 0 Å². The van der Waals surface area contributed by atoms with Crippen LogP contribution < -0.4 is 0 Å². The number of hydrogen-bond acceptors (Lipinski definition) is 3. The zero-order valence-corrected chi connectivity index (χ0v) is 9.30. The molecule has 0 amide bonds. The summed E-state index contributed by atoms with van der Waals surface area (Å²) in [4.78, 5) is 0. The van der Waals surface area contributed by atoms with E-state index in [0.717, 1.165) is 19.4 Å². The molecule has 2 saturated heterocycles. The summed E-state index contributed by atoms with van der Waals surface area (Å²) in [5.41, 5.74) is -0.449. The SMILES string of the molecule is CC1(CO)CCC2(COCC2(C)C)O1. The van der Waals surface area contributed by atoms with E-state index in [9.17, 15) is 5.11 Å². The van der Waals surface area contributed by atoms with Crippen molar-refractivity contribution in [2.24, 2.45) is 5.41 Å². The van der Waals surface area contributed by atoms with Crippen molar-refractivity contribution in [1.82, 2.24) is 0 Å². The van der Waals surface area contributed by atoms with Gasteiger partial charge in [-0.25, -0.2) is 0 Å². The Morgan fingerprint density at radius 2 is 1.86 bits per heavy atom. The second-order valence-corrected chi connectivity index (χ2v) is 5.58. The van der Waals surface area contributed by atoms with Crippen LogP contribution in [0.5, 0.6) is 0 Å². The molecule has 0 aliphatic carbocycles. The fourth-order valence-electron chi connectivity index (χ4n) is 2.53. The van der Waals surface area contributed by atoms with Gasteiger partial charge in [0.05, 0.1) is 31.0 Å². The Morgan fingerprint density at radius 1 is 1.14 bits per heavy atom. The maximum atomic E-state index is 9.27. The summed E-state index contributed by atoms with van der Waals surface area (Å²) in [6.07, 6.45) is 1.92. The van der Waals surface area contributed by atoms with Gasteiger partial charge in [0.1, 0.15) is 0 Å². The zero-order valence-electron chi connectivity index (χ0n) is 9.30. The first-order valence-corrected chi connectivity index (χ1v) is 5.32. The average Bonchev–Trinajstić information content (AvgIpc) is 2.58. The number of rotatable bonds is 1. The van der Waals surface area contributed by atoms with Crippen LogP contribution in [0.1, 0.15) is 33.6 Å². The lowest BCUT2D eigenvalue weighted by molar-refractivity contribution is -0.147. The first kappa shape index (κ1) is 10.4. The maximum Gasteiger partial charge on any atom is 0.0996 e. The van der Waals surface area contributed by atoms with Gasteiger partial charge in [-0.15, -0.1) is 0 Å². The summed E-state index contributed by atoms with van der Waals surface area (Å²) in [5, 5.41) is 9.27. The fourth-order valence-corrected chi connectivity index (χ4v) is 2.53. The molecule has 2 rings (SSSR count). The van der Waals surface area contributed by atoms with Crippen molar-refractivity contribution in [2.75, 3.05) is 19.8 Å². The molecule has 0 aromatic heterocycles. The van der Waals surface area contributed by atoms with Crippen LogP contribution in [0.15, 0.2) is 0 Å². The molecular weight excluding hydrogens is 180 g/mol. The lowest BCUT2D eigenvalue weighted by atomic mass is 9.76. The Labute approximate surface area is 85.4 Å². The molecule has 1 N–H and O–H groups in total. The summed E-state index contributed by atoms with van der Waals surface area (Å²) in [7, 11) is 0. The monoisotopic (exact) mass is 200 g/mol. The van der Waals surface area contributed by atoms with E-state index in [0.29, 0.717) is 6.61 Å². The highest BCUT2D eigenvalue weighted by Gasteiger charge is 2.58. The van der Waals surface area contributed by atoms with E-state index in [1.165, 1.54) is 0 Å². The highest BCUT2D eigenvalue weighted by atomic mass is 16.6. The summed E-state index contributed by atoms with van der Waals surface area (Å²) >= 11 is 0. The summed E-state index contributed by atoms with van der Waals surface area (Å²) in [6.45, 7) is 7.89. The van der Waals surface area contributed by atoms with Gasteiger partial charge in [0.2, 0.25) is 0 Å². The van der Waals surface area contributed by atoms with Crippen LogP contribution in [0.3, 0.4) is 0 Å². The molecule has 82 valence electrons. The largest absolute Gasteiger partial charge is 0.393 e. The Kier molecular flexibility index (Phi) is 2.18. The second-order valence-electron chi connectivity index (χ2n) is 5.58. The Bertz CT molecular complexity index is 239. The number of aliphatic hydroxyl groups is 1. The van der Waals surface area contributed by atoms with E-state index in [4.69, 9.17) is 9.47 Å². The highest BCUT2D eigenvalue weighted by Crippen LogP contribution is 2.51. The predicted octanol–water partition coefficient (Wildman–Crippen LogP) is 1.34. The molecule has 0 bridgehead atoms. The predicted molar refractivity (Wildman–Crippen MR) is 53.1 cm³/mol. The molecular formula is C11H20O3. The van der Waals surface area contributed by atoms with Gasteiger partial charge >= 0.3 is 0 Å². The van der Waals surface area contributed by atoms with Crippen LogP contribution in [0.25, 0.3) is 0 Å². The number of ether oxygens (including phenoxy) is 2. The van der Waals surface area contributed by atoms with Crippen LogP contribution in [0, 0.1) is 5.41 Å². The van der Waals surface area contributed by atoms with Crippen molar-refractivity contribution >= 4 is 0 Å². The molecule has 2 atom stereocenters. The molecule has 3 heteroatoms. The van der Waals surface area contributed by atoms with Gasteiger partial charge in [-0.1, -0.05) is 13.8 Å². The van der Waals surface area contributed by atoms with E-state index in [2.05, 4.69) is 13.8 Å². The Morgan fingerprint density at radius 3 is 2.29 bits per heavy atom. The lowest BCUT2D eigenvalue weighted by Gasteiger charge is -2.37. The molecule has 0 aromatic rings. The van der Waals surface area contributed by atoms with Crippen molar-refractivity contribution in [3.8, 4) is 0 Å². The summed E-state index contributed by atoms with van der Waals surface area (Å²) < 4.78 is 11.6. The second kappa shape index (κ2) is 2.94. The van der Waals surface area contributed by atoms with Gasteiger partial charge in [-0.3, -0.25) is 0 Å². The van der Waals surface area contributed by atoms with Crippen molar-refractivity contribution in [3.63, 3.8) is 0 Å². The van der Waals surface area contributed by atoms with Crippen LogP contribution in [-0.4, -0.2) is 36.1 Å². The third-order valence-electron chi connectivity index (χ3n) is 3.87. The molecule has 2 aliphatic rings. The Balaban J connectivity index is 2.20. The van der Waals surface area contributed by atoms with Gasteiger partial charge in [-0.05, 0) is 19.8 Å². The minimum absolute atomic E-state index is 0.0694. The molecule has 0 saturated carbocycles. The van der Waals surface area contributed by atoms with Crippen molar-refractivity contribution < 1.29 is 14.6 Å². The third-order valence-corrected chi connectivity index (χ3v) is 3.87. The van der Waals surface area contributed by atoms with Crippen LogP contribution >= 0.6 is 0 Å². The molecule has 14 heavy (non-hydrogen) atoms. The van der Waals surface area contributed by atoms with Gasteiger partial charge < -0.3 is 14.6 Å². The first-order chi connectivity index (χ1) is 6.43. The average molecular weight is 200 g/mol. The van der Waals surface area contributed by atoms with Crippen LogP contribution in [0.4, 0.5) is 0 Å². The minimum atomic E-state index is -0.356. The lowest BCUT2D eigenvalue weighted by Crippen LogP contribution is -2.46. The van der Waals surface area contributed by atoms with Gasteiger partial charge in [0.25, 0.3) is 0 Å². The number of hydrogen-bond donors (Lipinski definition) is 1. The van der Waals surface area contributed by atoms with Crippen molar-refractivity contribution in [1.29, 1.82) is 0 Å². The third kappa shape index (κ3) is 1.30. The topological polar surface area (TPSA) is 38.7 Å². The first-order valence-electron chi connectivity index (χ1n) is 5.32. The van der Waals surface area contributed by atoms with Crippen LogP contribution in [0.2, 0.25) is 0 Å². The minimum Gasteiger partial charge on any atom is -0.393 e. The van der Waals surface area contributed by atoms with E-state index < -0.39 is 0 Å². The van der Waals surface area contributed by atoms with E-state index >= 15 is 0 Å². The van der Waals surface area contributed by atoms with Gasteiger partial charge in [0, 0.05) is 5.41 Å². The fraction of sp³-hybridized carbons (Fsp3) is 1.00. The molecule has 2 aliphatic heterocycles. The molecule has 0 aromatic carbocycles. The number of aliphatic hydroxyl groups excluding tert-OH is 1. The summed E-state index contributed by atoms with van der Waals surface area (Å²) in [6, 6.07) is 0. The van der Waals surface area contributed by atoms with Crippen molar-refractivity contribution in [3.05, 3.63) is 0 Å². The molecule has 1 spiro atoms. The highest BCUT2D eigenvalue weighted by molar-refractivity contribution is 5.06. The maximum absolute atomic E-state index is 9.27. The van der Waals surface area contributed by atoms with Crippen LogP contribution in [-0.2, 0) is 9.47 Å². The molecule has 0 radical (unpaired) electrons.